The summed E-state index contributed by atoms with van der Waals surface area (Å²) in [7, 11) is 0. The Kier molecular flexibility index (Phi) is 9.21. The van der Waals surface area contributed by atoms with Crippen LogP contribution in [0.4, 0.5) is 22.7 Å². The zero-order valence-electron chi connectivity index (χ0n) is 27.6. The van der Waals surface area contributed by atoms with E-state index >= 15 is 0 Å². The Morgan fingerprint density at radius 1 is 0.333 bits per heavy atom. The topological polar surface area (TPSA) is 209 Å². The lowest BCUT2D eigenvalue weighted by Gasteiger charge is -2.12. The summed E-state index contributed by atoms with van der Waals surface area (Å²) in [6.45, 7) is 0. The Hall–Kier alpha value is -7.88. The van der Waals surface area contributed by atoms with Crippen molar-refractivity contribution in [2.75, 3.05) is 0 Å². The summed E-state index contributed by atoms with van der Waals surface area (Å²) in [5, 5.41) is 47.7. The molecular weight excluding hydrogens is 704 g/mol. The second kappa shape index (κ2) is 14.4. The minimum Gasteiger partial charge on any atom is -0.450 e. The van der Waals surface area contributed by atoms with Gasteiger partial charge < -0.3 is 18.9 Å². The lowest BCUT2D eigenvalue weighted by atomic mass is 10.0. The van der Waals surface area contributed by atoms with E-state index in [0.717, 1.165) is 46.5 Å². The number of ether oxygens (including phenoxy) is 4. The second-order valence-electron chi connectivity index (χ2n) is 11.9. The van der Waals surface area contributed by atoms with E-state index in [0.29, 0.717) is 12.8 Å². The number of nitro benzene ring substituents is 4. The molecule has 7 heterocycles. The number of nitrogens with zero attached hydrogens (tertiary/aromatic N) is 4. The molecule has 0 aromatic heterocycles. The minimum absolute atomic E-state index is 0.226. The molecule has 12 bridgehead atoms. The molecule has 7 aliphatic heterocycles. The van der Waals surface area contributed by atoms with Crippen LogP contribution < -0.4 is 18.9 Å². The maximum atomic E-state index is 11.9. The lowest BCUT2D eigenvalue weighted by molar-refractivity contribution is -0.395. The first-order chi connectivity index (χ1) is 26.0. The van der Waals surface area contributed by atoms with E-state index in [1.807, 2.05) is 0 Å². The molecule has 6 aromatic rings. The zero-order valence-corrected chi connectivity index (χ0v) is 27.6. The third-order valence-electron chi connectivity index (χ3n) is 8.29. The Morgan fingerprint density at radius 3 is 0.722 bits per heavy atom. The van der Waals surface area contributed by atoms with Crippen molar-refractivity contribution in [1.82, 2.24) is 0 Å². The molecular formula is C38H24N4O12. The molecule has 0 spiro atoms. The quantitative estimate of drug-likeness (QED) is 0.122. The van der Waals surface area contributed by atoms with Gasteiger partial charge in [0.2, 0.25) is 23.0 Å². The molecule has 0 saturated heterocycles. The van der Waals surface area contributed by atoms with Crippen LogP contribution in [-0.2, 0) is 12.8 Å². The molecule has 0 unspecified atom stereocenters. The highest BCUT2D eigenvalue weighted by Crippen LogP contribution is 2.44. The van der Waals surface area contributed by atoms with E-state index in [1.54, 1.807) is 97.1 Å². The van der Waals surface area contributed by atoms with E-state index in [-0.39, 0.29) is 46.0 Å². The largest absolute Gasteiger partial charge is 0.450 e. The van der Waals surface area contributed by atoms with Crippen LogP contribution >= 0.6 is 0 Å². The first-order valence-corrected chi connectivity index (χ1v) is 16.0. The van der Waals surface area contributed by atoms with Crippen molar-refractivity contribution >= 4 is 22.7 Å². The van der Waals surface area contributed by atoms with Gasteiger partial charge in [-0.25, -0.2) is 0 Å². The number of benzene rings is 6. The van der Waals surface area contributed by atoms with Crippen LogP contribution in [-0.4, -0.2) is 19.7 Å². The molecule has 0 atom stereocenters. The van der Waals surface area contributed by atoms with E-state index in [2.05, 4.69) is 0 Å². The fourth-order valence-corrected chi connectivity index (χ4v) is 5.66. The maximum Gasteiger partial charge on any atom is 0.318 e. The molecule has 268 valence electrons. The first-order valence-electron chi connectivity index (χ1n) is 16.0. The van der Waals surface area contributed by atoms with Gasteiger partial charge in [0.15, 0.2) is 0 Å². The second-order valence-corrected chi connectivity index (χ2v) is 11.9. The number of hydrogen-bond acceptors (Lipinski definition) is 12. The van der Waals surface area contributed by atoms with Crippen LogP contribution in [0.25, 0.3) is 0 Å². The van der Waals surface area contributed by atoms with Crippen molar-refractivity contribution in [2.45, 2.75) is 12.8 Å². The van der Waals surface area contributed by atoms with E-state index in [4.69, 9.17) is 18.9 Å². The molecule has 16 heteroatoms. The molecule has 7 aliphatic rings. The van der Waals surface area contributed by atoms with Crippen LogP contribution in [0.2, 0.25) is 0 Å². The summed E-state index contributed by atoms with van der Waals surface area (Å²) in [5.41, 5.74) is 0.825. The Bertz CT molecular complexity index is 2100. The van der Waals surface area contributed by atoms with Gasteiger partial charge in [-0.2, -0.15) is 0 Å². The van der Waals surface area contributed by atoms with Gasteiger partial charge in [0.25, 0.3) is 0 Å². The van der Waals surface area contributed by atoms with Crippen molar-refractivity contribution in [3.8, 4) is 46.0 Å². The van der Waals surface area contributed by atoms with Gasteiger partial charge in [0, 0.05) is 12.1 Å². The van der Waals surface area contributed by atoms with Crippen LogP contribution in [0.1, 0.15) is 22.3 Å². The van der Waals surface area contributed by atoms with Crippen LogP contribution in [0, 0.1) is 40.5 Å². The third kappa shape index (κ3) is 7.57. The van der Waals surface area contributed by atoms with Gasteiger partial charge in [0.05, 0.1) is 19.7 Å². The molecule has 0 fully saturated rings. The molecule has 0 radical (unpaired) electrons. The van der Waals surface area contributed by atoms with E-state index in [1.165, 1.54) is 0 Å². The van der Waals surface area contributed by atoms with Crippen molar-refractivity contribution < 1.29 is 38.6 Å². The fourth-order valence-electron chi connectivity index (χ4n) is 5.66. The highest BCUT2D eigenvalue weighted by atomic mass is 16.6. The number of rotatable bonds is 4. The van der Waals surface area contributed by atoms with E-state index < -0.39 is 42.4 Å². The summed E-state index contributed by atoms with van der Waals surface area (Å²) < 4.78 is 23.4. The van der Waals surface area contributed by atoms with Crippen LogP contribution in [0.3, 0.4) is 0 Å². The van der Waals surface area contributed by atoms with Crippen molar-refractivity contribution in [3.63, 3.8) is 0 Å². The standard InChI is InChI=1S/C38H24N4O12/c43-39(44)31-19-32(40(45)46)36-21-35(31)51-27-9-1-23(2-10-27)17-24-3-11-28(12-4-24)52-37-22-38(34(42(49)50)20-33(37)41(47)48)54-30-15-7-26(8-16-30)18-25-5-13-29(53-36)14-6-25/h1-16,19-22H,17-18H2. The predicted octanol–water partition coefficient (Wildman–Crippen LogP) is 9.98. The summed E-state index contributed by atoms with van der Waals surface area (Å²) >= 11 is 0. The average molecular weight is 729 g/mol. The highest BCUT2D eigenvalue weighted by molar-refractivity contribution is 5.64. The van der Waals surface area contributed by atoms with Gasteiger partial charge in [-0.05, 0) is 83.6 Å². The first kappa shape index (κ1) is 34.6. The molecule has 6 aromatic carbocycles. The zero-order chi connectivity index (χ0) is 37.9. The van der Waals surface area contributed by atoms with E-state index in [9.17, 15) is 40.5 Å². The highest BCUT2D eigenvalue weighted by Gasteiger charge is 2.29. The molecule has 0 amide bonds. The average Bonchev–Trinajstić information content (AvgIpc) is 3.14. The van der Waals surface area contributed by atoms with Crippen molar-refractivity contribution in [2.24, 2.45) is 0 Å². The molecule has 0 N–H and O–H groups in total. The van der Waals surface area contributed by atoms with Crippen LogP contribution in [0.15, 0.2) is 121 Å². The molecule has 0 saturated carbocycles. The van der Waals surface area contributed by atoms with Gasteiger partial charge >= 0.3 is 22.7 Å². The fraction of sp³-hybridized carbons (Fsp3) is 0.0526. The maximum absolute atomic E-state index is 11.9. The SMILES string of the molecule is O=[N+]([O-])c1cc([N+](=O)[O-])c2cc1Oc1ccc(cc1)Cc1ccc(cc1)Oc1cc(c([N+](=O)[O-])cc1[N+](=O)[O-])Oc1ccc(cc1)Cc1ccc(cc1)O2. The Balaban J connectivity index is 1.28. The monoisotopic (exact) mass is 728 g/mol. The summed E-state index contributed by atoms with van der Waals surface area (Å²) in [5.74, 6) is -0.146. The van der Waals surface area contributed by atoms with Gasteiger partial charge in [-0.3, -0.25) is 40.5 Å². The van der Waals surface area contributed by atoms with Crippen molar-refractivity contribution in [3.05, 3.63) is 184 Å². The van der Waals surface area contributed by atoms with Gasteiger partial charge in [-0.15, -0.1) is 0 Å². The Labute approximate surface area is 304 Å². The molecule has 16 nitrogen and oxygen atoms in total. The van der Waals surface area contributed by atoms with Gasteiger partial charge in [-0.1, -0.05) is 48.5 Å². The third-order valence-corrected chi connectivity index (χ3v) is 8.29. The van der Waals surface area contributed by atoms with Crippen LogP contribution in [0.5, 0.6) is 46.0 Å². The minimum atomic E-state index is -0.775. The summed E-state index contributed by atoms with van der Waals surface area (Å²) in [6.07, 6.45) is 0.868. The molecule has 0 aliphatic carbocycles. The lowest BCUT2D eigenvalue weighted by Crippen LogP contribution is -2.00. The normalized spacial score (nSPS) is 12.0. The van der Waals surface area contributed by atoms with Gasteiger partial charge in [0.1, 0.15) is 35.1 Å². The smallest absolute Gasteiger partial charge is 0.318 e. The number of nitro groups is 4. The summed E-state index contributed by atoms with van der Waals surface area (Å²) in [4.78, 5) is 44.6. The summed E-state index contributed by atoms with van der Waals surface area (Å²) in [6, 6.07) is 30.4. The Morgan fingerprint density at radius 2 is 0.537 bits per heavy atom. The molecule has 13 rings (SSSR count). The van der Waals surface area contributed by atoms with Crippen molar-refractivity contribution in [1.29, 1.82) is 0 Å². The number of hydrogen-bond donors (Lipinski definition) is 0. The predicted molar refractivity (Wildman–Crippen MR) is 191 cm³/mol. The molecule has 54 heavy (non-hydrogen) atoms.